The summed E-state index contributed by atoms with van der Waals surface area (Å²) in [6.07, 6.45) is 9.34. The van der Waals surface area contributed by atoms with E-state index in [1.165, 1.54) is 64.6 Å². The molecule has 0 aromatic rings. The van der Waals surface area contributed by atoms with Gasteiger partial charge < -0.3 is 15.5 Å². The molecule has 3 nitrogen and oxygen atoms in total. The van der Waals surface area contributed by atoms with Crippen molar-refractivity contribution in [1.29, 1.82) is 0 Å². The molecule has 0 aromatic carbocycles. The van der Waals surface area contributed by atoms with Crippen molar-refractivity contribution < 1.29 is 0 Å². The Morgan fingerprint density at radius 1 is 1.18 bits per heavy atom. The molecule has 1 aliphatic rings. The highest BCUT2D eigenvalue weighted by Gasteiger charge is 2.21. The number of hydrogen-bond acceptors (Lipinski definition) is 3. The standard InChI is InChI=1S/C14H31N3/c1-16(11-7-5-3-4-6-10-15)13-14-9-8-12-17(14)2/h14H,3-13,15H2,1-2H3. The summed E-state index contributed by atoms with van der Waals surface area (Å²) in [6.45, 7) is 4.65. The number of hydrogen-bond donors (Lipinski definition) is 1. The van der Waals surface area contributed by atoms with Crippen molar-refractivity contribution in [3.63, 3.8) is 0 Å². The second kappa shape index (κ2) is 8.90. The quantitative estimate of drug-likeness (QED) is 0.626. The Hall–Kier alpha value is -0.120. The second-order valence-electron chi connectivity index (χ2n) is 5.60. The molecule has 17 heavy (non-hydrogen) atoms. The molecule has 2 N–H and O–H groups in total. The van der Waals surface area contributed by atoms with Gasteiger partial charge in [0.2, 0.25) is 0 Å². The van der Waals surface area contributed by atoms with Crippen LogP contribution in [0.1, 0.15) is 44.9 Å². The van der Waals surface area contributed by atoms with Crippen molar-refractivity contribution >= 4 is 0 Å². The highest BCUT2D eigenvalue weighted by atomic mass is 15.2. The van der Waals surface area contributed by atoms with Gasteiger partial charge in [0.15, 0.2) is 0 Å². The van der Waals surface area contributed by atoms with Gasteiger partial charge >= 0.3 is 0 Å². The van der Waals surface area contributed by atoms with E-state index in [1.807, 2.05) is 0 Å². The van der Waals surface area contributed by atoms with E-state index in [4.69, 9.17) is 5.73 Å². The van der Waals surface area contributed by atoms with Gasteiger partial charge in [0.25, 0.3) is 0 Å². The van der Waals surface area contributed by atoms with E-state index in [2.05, 4.69) is 23.9 Å². The summed E-state index contributed by atoms with van der Waals surface area (Å²) >= 11 is 0. The van der Waals surface area contributed by atoms with Crippen molar-refractivity contribution in [2.45, 2.75) is 51.0 Å². The predicted octanol–water partition coefficient (Wildman–Crippen LogP) is 1.92. The first-order chi connectivity index (χ1) is 8.24. The van der Waals surface area contributed by atoms with Crippen molar-refractivity contribution in [2.75, 3.05) is 40.3 Å². The molecule has 1 atom stereocenters. The van der Waals surface area contributed by atoms with Crippen LogP contribution in [-0.2, 0) is 0 Å². The molecule has 102 valence electrons. The monoisotopic (exact) mass is 241 g/mol. The van der Waals surface area contributed by atoms with Gasteiger partial charge in [-0.05, 0) is 59.4 Å². The number of likely N-dealkylation sites (tertiary alicyclic amines) is 1. The number of unbranched alkanes of at least 4 members (excludes halogenated alkanes) is 4. The minimum atomic E-state index is 0.803. The van der Waals surface area contributed by atoms with E-state index < -0.39 is 0 Å². The van der Waals surface area contributed by atoms with Gasteiger partial charge in [0.1, 0.15) is 0 Å². The van der Waals surface area contributed by atoms with Crippen molar-refractivity contribution in [2.24, 2.45) is 5.73 Å². The van der Waals surface area contributed by atoms with Gasteiger partial charge in [-0.3, -0.25) is 0 Å². The zero-order valence-corrected chi connectivity index (χ0v) is 11.8. The Bertz CT molecular complexity index is 184. The third kappa shape index (κ3) is 6.39. The molecule has 1 rings (SSSR count). The van der Waals surface area contributed by atoms with E-state index in [0.29, 0.717) is 0 Å². The molecule has 3 heteroatoms. The number of rotatable bonds is 9. The fraction of sp³-hybridized carbons (Fsp3) is 1.00. The zero-order chi connectivity index (χ0) is 12.5. The molecule has 0 amide bonds. The summed E-state index contributed by atoms with van der Waals surface area (Å²) in [5, 5.41) is 0. The van der Waals surface area contributed by atoms with Gasteiger partial charge in [0, 0.05) is 12.6 Å². The van der Waals surface area contributed by atoms with Gasteiger partial charge in [-0.15, -0.1) is 0 Å². The largest absolute Gasteiger partial charge is 0.330 e. The average molecular weight is 241 g/mol. The summed E-state index contributed by atoms with van der Waals surface area (Å²) < 4.78 is 0. The van der Waals surface area contributed by atoms with Crippen molar-refractivity contribution in [3.8, 4) is 0 Å². The van der Waals surface area contributed by atoms with E-state index in [0.717, 1.165) is 12.6 Å². The molecular weight excluding hydrogens is 210 g/mol. The van der Waals surface area contributed by atoms with Crippen LogP contribution in [0.15, 0.2) is 0 Å². The second-order valence-corrected chi connectivity index (χ2v) is 5.60. The maximum absolute atomic E-state index is 5.48. The first kappa shape index (κ1) is 14.9. The third-order valence-electron chi connectivity index (χ3n) is 3.94. The first-order valence-electron chi connectivity index (χ1n) is 7.33. The topological polar surface area (TPSA) is 32.5 Å². The Labute approximate surface area is 107 Å². The maximum atomic E-state index is 5.48. The van der Waals surface area contributed by atoms with Gasteiger partial charge in [-0.25, -0.2) is 0 Å². The SMILES string of the molecule is CN(CCCCCCCN)CC1CCCN1C. The van der Waals surface area contributed by atoms with E-state index in [-0.39, 0.29) is 0 Å². The number of nitrogens with zero attached hydrogens (tertiary/aromatic N) is 2. The summed E-state index contributed by atoms with van der Waals surface area (Å²) in [5.74, 6) is 0. The van der Waals surface area contributed by atoms with Gasteiger partial charge in [-0.2, -0.15) is 0 Å². The van der Waals surface area contributed by atoms with Crippen LogP contribution in [0.2, 0.25) is 0 Å². The maximum Gasteiger partial charge on any atom is 0.0220 e. The van der Waals surface area contributed by atoms with Crippen LogP contribution in [0.4, 0.5) is 0 Å². The predicted molar refractivity (Wildman–Crippen MR) is 75.3 cm³/mol. The molecule has 0 aliphatic carbocycles. The molecule has 0 bridgehead atoms. The fourth-order valence-corrected chi connectivity index (χ4v) is 2.72. The lowest BCUT2D eigenvalue weighted by Crippen LogP contribution is -2.36. The van der Waals surface area contributed by atoms with E-state index in [1.54, 1.807) is 0 Å². The minimum Gasteiger partial charge on any atom is -0.330 e. The molecule has 1 saturated heterocycles. The number of nitrogens with two attached hydrogens (primary N) is 1. The smallest absolute Gasteiger partial charge is 0.0220 e. The average Bonchev–Trinajstić information content (AvgIpc) is 2.69. The van der Waals surface area contributed by atoms with Crippen LogP contribution in [0.3, 0.4) is 0 Å². The molecule has 1 aliphatic heterocycles. The fourth-order valence-electron chi connectivity index (χ4n) is 2.72. The van der Waals surface area contributed by atoms with Crippen molar-refractivity contribution in [1.82, 2.24) is 9.80 Å². The lowest BCUT2D eigenvalue weighted by atomic mass is 10.1. The van der Waals surface area contributed by atoms with Crippen LogP contribution in [0.5, 0.6) is 0 Å². The third-order valence-corrected chi connectivity index (χ3v) is 3.94. The zero-order valence-electron chi connectivity index (χ0n) is 11.8. The summed E-state index contributed by atoms with van der Waals surface area (Å²) in [7, 11) is 4.53. The van der Waals surface area contributed by atoms with Gasteiger partial charge in [0.05, 0.1) is 0 Å². The van der Waals surface area contributed by atoms with Gasteiger partial charge in [-0.1, -0.05) is 19.3 Å². The van der Waals surface area contributed by atoms with Crippen LogP contribution in [0.25, 0.3) is 0 Å². The summed E-state index contributed by atoms with van der Waals surface area (Å²) in [6, 6.07) is 0.803. The van der Waals surface area contributed by atoms with E-state index >= 15 is 0 Å². The molecule has 1 heterocycles. The Balaban J connectivity index is 1.95. The number of likely N-dealkylation sites (N-methyl/N-ethyl adjacent to an activating group) is 2. The van der Waals surface area contributed by atoms with Crippen LogP contribution in [-0.4, -0.2) is 56.1 Å². The lowest BCUT2D eigenvalue weighted by molar-refractivity contribution is 0.217. The molecule has 0 radical (unpaired) electrons. The lowest BCUT2D eigenvalue weighted by Gasteiger charge is -2.25. The summed E-state index contributed by atoms with van der Waals surface area (Å²) in [4.78, 5) is 5.02. The highest BCUT2D eigenvalue weighted by Crippen LogP contribution is 2.15. The molecule has 0 aromatic heterocycles. The van der Waals surface area contributed by atoms with Crippen LogP contribution in [0, 0.1) is 0 Å². The van der Waals surface area contributed by atoms with Crippen LogP contribution >= 0.6 is 0 Å². The normalized spacial score (nSPS) is 21.5. The van der Waals surface area contributed by atoms with Crippen molar-refractivity contribution in [3.05, 3.63) is 0 Å². The molecule has 0 spiro atoms. The molecule has 1 fully saturated rings. The first-order valence-corrected chi connectivity index (χ1v) is 7.33. The Kier molecular flexibility index (Phi) is 7.82. The van der Waals surface area contributed by atoms with E-state index in [9.17, 15) is 0 Å². The molecule has 0 saturated carbocycles. The molecular formula is C14H31N3. The van der Waals surface area contributed by atoms with Crippen LogP contribution < -0.4 is 5.73 Å². The minimum absolute atomic E-state index is 0.803. The highest BCUT2D eigenvalue weighted by molar-refractivity contribution is 4.78. The summed E-state index contributed by atoms with van der Waals surface area (Å²) in [5.41, 5.74) is 5.48. The Morgan fingerprint density at radius 2 is 1.88 bits per heavy atom. The molecule has 1 unspecified atom stereocenters. The Morgan fingerprint density at radius 3 is 2.53 bits per heavy atom.